The lowest BCUT2D eigenvalue weighted by Crippen LogP contribution is -2.55. The van der Waals surface area contributed by atoms with Gasteiger partial charge in [0.05, 0.1) is 12.2 Å². The van der Waals surface area contributed by atoms with Crippen LogP contribution in [0.4, 0.5) is 0 Å². The topological polar surface area (TPSA) is 49.9 Å². The molecule has 19 heavy (non-hydrogen) atoms. The summed E-state index contributed by atoms with van der Waals surface area (Å²) in [6.45, 7) is 6.31. The van der Waals surface area contributed by atoms with E-state index in [1.165, 1.54) is 0 Å². The van der Waals surface area contributed by atoms with Crippen molar-refractivity contribution in [1.29, 1.82) is 0 Å². The molecule has 0 bridgehead atoms. The third-order valence-electron chi connectivity index (χ3n) is 3.86. The maximum atomic E-state index is 12.6. The summed E-state index contributed by atoms with van der Waals surface area (Å²) in [6.07, 6.45) is 1.82. The van der Waals surface area contributed by atoms with E-state index in [1.54, 1.807) is 8.61 Å². The molecule has 0 aromatic carbocycles. The third-order valence-corrected chi connectivity index (χ3v) is 6.55. The van der Waals surface area contributed by atoms with Gasteiger partial charge >= 0.3 is 0 Å². The monoisotopic (exact) mass is 354 g/mol. The van der Waals surface area contributed by atoms with Crippen LogP contribution in [-0.4, -0.2) is 60.7 Å². The zero-order valence-electron chi connectivity index (χ0n) is 11.6. The van der Waals surface area contributed by atoms with E-state index in [2.05, 4.69) is 22.9 Å². The Bertz CT molecular complexity index is 396. The van der Waals surface area contributed by atoms with Gasteiger partial charge in [-0.15, -0.1) is 0 Å². The molecule has 2 atom stereocenters. The molecule has 2 fully saturated rings. The van der Waals surface area contributed by atoms with Crippen molar-refractivity contribution in [3.05, 3.63) is 0 Å². The van der Waals surface area contributed by atoms with Crippen LogP contribution in [0.2, 0.25) is 0 Å². The van der Waals surface area contributed by atoms with Crippen molar-refractivity contribution in [2.24, 2.45) is 5.92 Å². The zero-order valence-corrected chi connectivity index (χ0v) is 14.0. The van der Waals surface area contributed by atoms with Gasteiger partial charge in [-0.1, -0.05) is 22.9 Å². The van der Waals surface area contributed by atoms with Crippen LogP contribution < -0.4 is 0 Å². The van der Waals surface area contributed by atoms with Gasteiger partial charge in [0, 0.05) is 31.5 Å². The Morgan fingerprint density at radius 3 is 2.37 bits per heavy atom. The van der Waals surface area contributed by atoms with Crippen LogP contribution in [0.15, 0.2) is 0 Å². The van der Waals surface area contributed by atoms with Gasteiger partial charge in [0.1, 0.15) is 0 Å². The summed E-state index contributed by atoms with van der Waals surface area (Å²) < 4.78 is 34.2. The highest BCUT2D eigenvalue weighted by Gasteiger charge is 2.37. The van der Waals surface area contributed by atoms with E-state index in [4.69, 9.17) is 4.74 Å². The summed E-state index contributed by atoms with van der Waals surface area (Å²) in [5, 5.41) is 0.667. The second-order valence-corrected chi connectivity index (χ2v) is 8.21. The molecular weight excluding hydrogens is 332 g/mol. The first kappa shape index (κ1) is 15.7. The summed E-state index contributed by atoms with van der Waals surface area (Å²) in [7, 11) is -3.32. The lowest BCUT2D eigenvalue weighted by atomic mass is 10.0. The fraction of sp³-hybridized carbons (Fsp3) is 1.00. The molecule has 0 aromatic rings. The lowest BCUT2D eigenvalue weighted by molar-refractivity contribution is -0.0427. The van der Waals surface area contributed by atoms with Crippen molar-refractivity contribution < 1.29 is 13.2 Å². The molecule has 0 aromatic heterocycles. The second kappa shape index (κ2) is 6.39. The number of piperidine rings is 1. The van der Waals surface area contributed by atoms with E-state index in [0.717, 1.165) is 12.8 Å². The molecule has 0 saturated carbocycles. The minimum absolute atomic E-state index is 0.0465. The summed E-state index contributed by atoms with van der Waals surface area (Å²) in [4.78, 5) is 0. The van der Waals surface area contributed by atoms with Gasteiger partial charge in [0.25, 0.3) is 10.2 Å². The van der Waals surface area contributed by atoms with Gasteiger partial charge < -0.3 is 4.74 Å². The largest absolute Gasteiger partial charge is 0.372 e. The van der Waals surface area contributed by atoms with Gasteiger partial charge in [-0.3, -0.25) is 0 Å². The maximum Gasteiger partial charge on any atom is 0.282 e. The van der Waals surface area contributed by atoms with Crippen molar-refractivity contribution in [3.63, 3.8) is 0 Å². The van der Waals surface area contributed by atoms with Crippen LogP contribution in [0.3, 0.4) is 0 Å². The van der Waals surface area contributed by atoms with Crippen LogP contribution >= 0.6 is 15.9 Å². The molecule has 2 heterocycles. The van der Waals surface area contributed by atoms with Gasteiger partial charge in [-0.05, 0) is 25.7 Å². The molecule has 0 amide bonds. The fourth-order valence-corrected chi connectivity index (χ4v) is 4.76. The molecule has 5 nitrogen and oxygen atoms in total. The first-order valence-electron chi connectivity index (χ1n) is 6.90. The van der Waals surface area contributed by atoms with E-state index < -0.39 is 10.2 Å². The molecule has 2 aliphatic rings. The minimum Gasteiger partial charge on any atom is -0.372 e. The first-order valence-corrected chi connectivity index (χ1v) is 9.42. The number of morpholine rings is 1. The van der Waals surface area contributed by atoms with Gasteiger partial charge in [-0.2, -0.15) is 17.0 Å². The van der Waals surface area contributed by atoms with E-state index in [0.29, 0.717) is 37.4 Å². The predicted octanol–water partition coefficient (Wildman–Crippen LogP) is 1.45. The molecule has 2 rings (SSSR count). The SMILES string of the molecule is CC1CCN(S(=O)(=O)N2CC(C)OC(CBr)C2)CC1. The minimum atomic E-state index is -3.32. The maximum absolute atomic E-state index is 12.6. The molecule has 0 N–H and O–H groups in total. The highest BCUT2D eigenvalue weighted by atomic mass is 79.9. The highest BCUT2D eigenvalue weighted by molar-refractivity contribution is 9.09. The summed E-state index contributed by atoms with van der Waals surface area (Å²) in [5.74, 6) is 0.630. The highest BCUT2D eigenvalue weighted by Crippen LogP contribution is 2.23. The van der Waals surface area contributed by atoms with Crippen molar-refractivity contribution in [2.45, 2.75) is 38.9 Å². The standard InChI is InChI=1S/C12H23BrN2O3S/c1-10-3-5-14(6-4-10)19(16,17)15-8-11(2)18-12(7-13)9-15/h10-12H,3-9H2,1-2H3. The van der Waals surface area contributed by atoms with Crippen molar-refractivity contribution >= 4 is 26.1 Å². The molecule has 0 aliphatic carbocycles. The van der Waals surface area contributed by atoms with Gasteiger partial charge in [0.2, 0.25) is 0 Å². The van der Waals surface area contributed by atoms with Crippen molar-refractivity contribution in [3.8, 4) is 0 Å². The molecule has 0 radical (unpaired) electrons. The Balaban J connectivity index is 2.06. The Morgan fingerprint density at radius 2 is 1.79 bits per heavy atom. The zero-order chi connectivity index (χ0) is 14.0. The summed E-state index contributed by atoms with van der Waals surface area (Å²) in [6, 6.07) is 0. The van der Waals surface area contributed by atoms with Crippen LogP contribution in [0.1, 0.15) is 26.7 Å². The molecule has 2 aliphatic heterocycles. The van der Waals surface area contributed by atoms with Gasteiger partial charge in [-0.25, -0.2) is 0 Å². The Hall–Kier alpha value is 0.310. The molecule has 112 valence electrons. The van der Waals surface area contributed by atoms with Crippen LogP contribution in [0.5, 0.6) is 0 Å². The van der Waals surface area contributed by atoms with E-state index in [1.807, 2.05) is 6.92 Å². The predicted molar refractivity (Wildman–Crippen MR) is 78.6 cm³/mol. The van der Waals surface area contributed by atoms with Crippen LogP contribution in [-0.2, 0) is 14.9 Å². The van der Waals surface area contributed by atoms with Crippen molar-refractivity contribution in [1.82, 2.24) is 8.61 Å². The molecule has 7 heteroatoms. The number of rotatable bonds is 3. The normalized spacial score (nSPS) is 32.6. The number of nitrogens with zero attached hydrogens (tertiary/aromatic N) is 2. The molecule has 0 spiro atoms. The Kier molecular flexibility index (Phi) is 5.28. The Labute approximate surface area is 124 Å². The number of halogens is 1. The summed E-state index contributed by atoms with van der Waals surface area (Å²) in [5.41, 5.74) is 0. The lowest BCUT2D eigenvalue weighted by Gasteiger charge is -2.39. The fourth-order valence-electron chi connectivity index (χ4n) is 2.66. The van der Waals surface area contributed by atoms with E-state index in [9.17, 15) is 8.42 Å². The first-order chi connectivity index (χ1) is 8.93. The van der Waals surface area contributed by atoms with Gasteiger partial charge in [0.15, 0.2) is 0 Å². The summed E-state index contributed by atoms with van der Waals surface area (Å²) >= 11 is 3.38. The average Bonchev–Trinajstić information content (AvgIpc) is 2.38. The third kappa shape index (κ3) is 3.69. The van der Waals surface area contributed by atoms with Crippen molar-refractivity contribution in [2.75, 3.05) is 31.5 Å². The number of hydrogen-bond donors (Lipinski definition) is 0. The smallest absolute Gasteiger partial charge is 0.282 e. The molecular formula is C12H23BrN2O3S. The average molecular weight is 355 g/mol. The second-order valence-electron chi connectivity index (χ2n) is 5.63. The molecule has 2 saturated heterocycles. The van der Waals surface area contributed by atoms with E-state index in [-0.39, 0.29) is 12.2 Å². The number of alkyl halides is 1. The van der Waals surface area contributed by atoms with Crippen LogP contribution in [0.25, 0.3) is 0 Å². The number of hydrogen-bond acceptors (Lipinski definition) is 3. The Morgan fingerprint density at radius 1 is 1.16 bits per heavy atom. The van der Waals surface area contributed by atoms with Crippen LogP contribution in [0, 0.1) is 5.92 Å². The quantitative estimate of drug-likeness (QED) is 0.720. The number of ether oxygens (including phenoxy) is 1. The molecule has 2 unspecified atom stereocenters. The van der Waals surface area contributed by atoms with E-state index >= 15 is 0 Å².